The molecule has 0 spiro atoms. The molecule has 1 aromatic heterocycles. The van der Waals surface area contributed by atoms with Crippen LogP contribution in [0.3, 0.4) is 0 Å². The normalized spacial score (nSPS) is 12.8. The van der Waals surface area contributed by atoms with E-state index in [4.69, 9.17) is 0 Å². The number of aromatic nitrogens is 2. The van der Waals surface area contributed by atoms with Crippen molar-refractivity contribution < 1.29 is 9.50 Å². The zero-order valence-corrected chi connectivity index (χ0v) is 10.4. The zero-order chi connectivity index (χ0) is 13.4. The van der Waals surface area contributed by atoms with Crippen molar-refractivity contribution >= 4 is 10.8 Å². The minimum absolute atomic E-state index is 0.280. The molecule has 1 unspecified atom stereocenters. The molecule has 0 bridgehead atoms. The van der Waals surface area contributed by atoms with E-state index in [0.29, 0.717) is 16.5 Å². The first-order valence-corrected chi connectivity index (χ1v) is 6.00. The molecule has 3 nitrogen and oxygen atoms in total. The van der Waals surface area contributed by atoms with E-state index in [1.54, 1.807) is 42.3 Å². The molecule has 0 fully saturated rings. The molecule has 0 aliphatic carbocycles. The van der Waals surface area contributed by atoms with Crippen LogP contribution in [-0.2, 0) is 7.05 Å². The van der Waals surface area contributed by atoms with Crippen molar-refractivity contribution in [3.63, 3.8) is 0 Å². The predicted octanol–water partition coefficient (Wildman–Crippen LogP) is 2.79. The van der Waals surface area contributed by atoms with E-state index in [1.807, 2.05) is 12.1 Å². The first kappa shape index (κ1) is 11.9. The smallest absolute Gasteiger partial charge is 0.131 e. The van der Waals surface area contributed by atoms with Gasteiger partial charge in [0.1, 0.15) is 11.9 Å². The lowest BCUT2D eigenvalue weighted by Crippen LogP contribution is -2.00. The van der Waals surface area contributed by atoms with Crippen LogP contribution in [0.4, 0.5) is 4.39 Å². The minimum Gasteiger partial charge on any atom is -0.384 e. The third-order valence-corrected chi connectivity index (χ3v) is 3.24. The molecule has 0 aliphatic heterocycles. The molecule has 0 radical (unpaired) electrons. The Morgan fingerprint density at radius 3 is 2.58 bits per heavy atom. The fourth-order valence-electron chi connectivity index (χ4n) is 2.28. The van der Waals surface area contributed by atoms with E-state index in [0.717, 1.165) is 5.39 Å². The van der Waals surface area contributed by atoms with Crippen molar-refractivity contribution in [1.82, 2.24) is 9.78 Å². The zero-order valence-electron chi connectivity index (χ0n) is 10.4. The Labute approximate surface area is 109 Å². The quantitative estimate of drug-likeness (QED) is 0.765. The van der Waals surface area contributed by atoms with Crippen LogP contribution in [0.1, 0.15) is 17.2 Å². The van der Waals surface area contributed by atoms with E-state index >= 15 is 0 Å². The average Bonchev–Trinajstić information content (AvgIpc) is 2.86. The SMILES string of the molecule is Cn1cc(C(O)c2ccc(F)c3ccccc23)cn1. The summed E-state index contributed by atoms with van der Waals surface area (Å²) < 4.78 is 15.4. The van der Waals surface area contributed by atoms with Gasteiger partial charge in [0.15, 0.2) is 0 Å². The molecule has 0 amide bonds. The number of nitrogens with zero attached hydrogens (tertiary/aromatic N) is 2. The van der Waals surface area contributed by atoms with Gasteiger partial charge >= 0.3 is 0 Å². The van der Waals surface area contributed by atoms with Crippen molar-refractivity contribution in [3.05, 3.63) is 65.7 Å². The molecular formula is C15H13FN2O. The molecule has 19 heavy (non-hydrogen) atoms. The fraction of sp³-hybridized carbons (Fsp3) is 0.133. The van der Waals surface area contributed by atoms with Crippen LogP contribution >= 0.6 is 0 Å². The van der Waals surface area contributed by atoms with Gasteiger partial charge in [-0.05, 0) is 17.0 Å². The molecule has 2 aromatic carbocycles. The Bertz CT molecular complexity index is 736. The number of hydrogen-bond acceptors (Lipinski definition) is 2. The van der Waals surface area contributed by atoms with Crippen molar-refractivity contribution in [2.75, 3.05) is 0 Å². The number of hydrogen-bond donors (Lipinski definition) is 1. The largest absolute Gasteiger partial charge is 0.384 e. The standard InChI is InChI=1S/C15H13FN2O/c1-18-9-10(8-17-18)15(19)13-6-7-14(16)12-5-3-2-4-11(12)13/h2-9,15,19H,1H3. The average molecular weight is 256 g/mol. The summed E-state index contributed by atoms with van der Waals surface area (Å²) in [6.07, 6.45) is 2.56. The summed E-state index contributed by atoms with van der Waals surface area (Å²) >= 11 is 0. The molecule has 0 aliphatic rings. The Morgan fingerprint density at radius 1 is 1.16 bits per heavy atom. The Kier molecular flexibility index (Phi) is 2.80. The Balaban J connectivity index is 2.18. The van der Waals surface area contributed by atoms with E-state index < -0.39 is 6.10 Å². The molecule has 0 saturated heterocycles. The van der Waals surface area contributed by atoms with Gasteiger partial charge in [-0.1, -0.05) is 30.3 Å². The van der Waals surface area contributed by atoms with Gasteiger partial charge < -0.3 is 5.11 Å². The molecular weight excluding hydrogens is 243 g/mol. The highest BCUT2D eigenvalue weighted by molar-refractivity contribution is 5.86. The van der Waals surface area contributed by atoms with Crippen LogP contribution < -0.4 is 0 Å². The van der Waals surface area contributed by atoms with Crippen LogP contribution in [0.15, 0.2) is 48.8 Å². The number of rotatable bonds is 2. The number of benzene rings is 2. The summed E-state index contributed by atoms with van der Waals surface area (Å²) in [7, 11) is 1.79. The second-order valence-corrected chi connectivity index (χ2v) is 4.53. The second kappa shape index (κ2) is 4.48. The van der Waals surface area contributed by atoms with Crippen molar-refractivity contribution in [1.29, 1.82) is 0 Å². The van der Waals surface area contributed by atoms with Crippen LogP contribution in [0, 0.1) is 5.82 Å². The number of aliphatic hydroxyl groups is 1. The van der Waals surface area contributed by atoms with Crippen molar-refractivity contribution in [3.8, 4) is 0 Å². The third-order valence-electron chi connectivity index (χ3n) is 3.24. The summed E-state index contributed by atoms with van der Waals surface area (Å²) in [5, 5.41) is 15.7. The molecule has 1 atom stereocenters. The highest BCUT2D eigenvalue weighted by atomic mass is 19.1. The summed E-state index contributed by atoms with van der Waals surface area (Å²) in [5.41, 5.74) is 1.38. The van der Waals surface area contributed by atoms with Crippen LogP contribution in [-0.4, -0.2) is 14.9 Å². The Hall–Kier alpha value is -2.20. The van der Waals surface area contributed by atoms with E-state index in [9.17, 15) is 9.50 Å². The lowest BCUT2D eigenvalue weighted by Gasteiger charge is -2.12. The lowest BCUT2D eigenvalue weighted by atomic mass is 9.97. The van der Waals surface area contributed by atoms with E-state index in [2.05, 4.69) is 5.10 Å². The van der Waals surface area contributed by atoms with Gasteiger partial charge in [0.25, 0.3) is 0 Å². The van der Waals surface area contributed by atoms with Crippen LogP contribution in [0.2, 0.25) is 0 Å². The first-order valence-electron chi connectivity index (χ1n) is 6.00. The second-order valence-electron chi connectivity index (χ2n) is 4.53. The van der Waals surface area contributed by atoms with Crippen LogP contribution in [0.25, 0.3) is 10.8 Å². The topological polar surface area (TPSA) is 38.0 Å². The maximum Gasteiger partial charge on any atom is 0.131 e. The maximum atomic E-state index is 13.7. The van der Waals surface area contributed by atoms with Gasteiger partial charge in [0.2, 0.25) is 0 Å². The summed E-state index contributed by atoms with van der Waals surface area (Å²) in [6.45, 7) is 0. The summed E-state index contributed by atoms with van der Waals surface area (Å²) in [4.78, 5) is 0. The number of fused-ring (bicyclic) bond motifs is 1. The van der Waals surface area contributed by atoms with Crippen molar-refractivity contribution in [2.24, 2.45) is 7.05 Å². The molecule has 1 heterocycles. The van der Waals surface area contributed by atoms with Gasteiger partial charge in [-0.25, -0.2) is 4.39 Å². The van der Waals surface area contributed by atoms with Crippen molar-refractivity contribution in [2.45, 2.75) is 6.10 Å². The van der Waals surface area contributed by atoms with Gasteiger partial charge in [-0.2, -0.15) is 5.10 Å². The van der Waals surface area contributed by atoms with Gasteiger partial charge in [0.05, 0.1) is 6.20 Å². The third kappa shape index (κ3) is 2.00. The van der Waals surface area contributed by atoms with E-state index in [-0.39, 0.29) is 5.82 Å². The summed E-state index contributed by atoms with van der Waals surface area (Å²) in [5.74, 6) is -0.280. The monoisotopic (exact) mass is 256 g/mol. The number of aliphatic hydroxyl groups excluding tert-OH is 1. The predicted molar refractivity (Wildman–Crippen MR) is 71.2 cm³/mol. The number of aryl methyl sites for hydroxylation is 1. The molecule has 3 aromatic rings. The first-order chi connectivity index (χ1) is 9.16. The maximum absolute atomic E-state index is 13.7. The minimum atomic E-state index is -0.806. The number of halogens is 1. The molecule has 0 saturated carbocycles. The lowest BCUT2D eigenvalue weighted by molar-refractivity contribution is 0.221. The van der Waals surface area contributed by atoms with E-state index in [1.165, 1.54) is 6.07 Å². The Morgan fingerprint density at radius 2 is 1.89 bits per heavy atom. The highest BCUT2D eigenvalue weighted by Gasteiger charge is 2.16. The van der Waals surface area contributed by atoms with Crippen LogP contribution in [0.5, 0.6) is 0 Å². The van der Waals surface area contributed by atoms with Gasteiger partial charge in [-0.3, -0.25) is 4.68 Å². The molecule has 3 rings (SSSR count). The summed E-state index contributed by atoms with van der Waals surface area (Å²) in [6, 6.07) is 10.1. The fourth-order valence-corrected chi connectivity index (χ4v) is 2.28. The molecule has 4 heteroatoms. The molecule has 1 N–H and O–H groups in total. The van der Waals surface area contributed by atoms with Gasteiger partial charge in [-0.15, -0.1) is 0 Å². The van der Waals surface area contributed by atoms with Gasteiger partial charge in [0, 0.05) is 24.2 Å². The highest BCUT2D eigenvalue weighted by Crippen LogP contribution is 2.29. The molecule has 96 valence electrons.